The number of hydrogen-bond acceptors (Lipinski definition) is 4. The zero-order valence-corrected chi connectivity index (χ0v) is 22.6. The van der Waals surface area contributed by atoms with Crippen LogP contribution < -0.4 is 16.4 Å². The van der Waals surface area contributed by atoms with Gasteiger partial charge in [0.25, 0.3) is 0 Å². The molecular weight excluding hydrogens is 503 g/mol. The molecule has 0 fully saturated rings. The quantitative estimate of drug-likeness (QED) is 0.121. The third kappa shape index (κ3) is 9.92. The highest BCUT2D eigenvalue weighted by Crippen LogP contribution is 2.26. The molecule has 0 atom stereocenters. The number of guanidine groups is 1. The average Bonchev–Trinajstić information content (AvgIpc) is 2.79. The SMILES string of the molecule is CC(C)c1ccc2nc(/C=C/c3ccc(Cl)cc3)nc(NCCCCCCNC(=N)N)c2c1.Cl.Cl. The molecule has 0 unspecified atom stereocenters. The van der Waals surface area contributed by atoms with Gasteiger partial charge in [-0.2, -0.15) is 0 Å². The predicted octanol–water partition coefficient (Wildman–Crippen LogP) is 6.88. The van der Waals surface area contributed by atoms with Crippen molar-refractivity contribution in [2.45, 2.75) is 45.4 Å². The van der Waals surface area contributed by atoms with Gasteiger partial charge >= 0.3 is 0 Å². The molecule has 0 amide bonds. The zero-order chi connectivity index (χ0) is 23.6. The summed E-state index contributed by atoms with van der Waals surface area (Å²) in [5, 5.41) is 15.3. The van der Waals surface area contributed by atoms with Gasteiger partial charge in [-0.25, -0.2) is 9.97 Å². The molecule has 6 nitrogen and oxygen atoms in total. The minimum atomic E-state index is 0. The smallest absolute Gasteiger partial charge is 0.185 e. The van der Waals surface area contributed by atoms with E-state index in [0.717, 1.165) is 66.1 Å². The van der Waals surface area contributed by atoms with Crippen molar-refractivity contribution in [3.63, 3.8) is 0 Å². The fourth-order valence-electron chi connectivity index (χ4n) is 3.51. The summed E-state index contributed by atoms with van der Waals surface area (Å²) in [6.45, 7) is 5.98. The second-order valence-corrected chi connectivity index (χ2v) is 8.86. The lowest BCUT2D eigenvalue weighted by Gasteiger charge is -2.12. The highest BCUT2D eigenvalue weighted by molar-refractivity contribution is 6.30. The first kappa shape index (κ1) is 30.5. The molecule has 1 heterocycles. The summed E-state index contributed by atoms with van der Waals surface area (Å²) in [5.74, 6) is 2.02. The lowest BCUT2D eigenvalue weighted by molar-refractivity contribution is 0.642. The van der Waals surface area contributed by atoms with E-state index in [9.17, 15) is 0 Å². The number of unbranched alkanes of at least 4 members (excludes halogenated alkanes) is 3. The summed E-state index contributed by atoms with van der Waals surface area (Å²) in [7, 11) is 0. The van der Waals surface area contributed by atoms with Crippen LogP contribution in [0.25, 0.3) is 23.1 Å². The van der Waals surface area contributed by atoms with Crippen LogP contribution in [0.15, 0.2) is 42.5 Å². The molecule has 0 aliphatic heterocycles. The number of anilines is 1. The summed E-state index contributed by atoms with van der Waals surface area (Å²) in [6.07, 6.45) is 8.19. The monoisotopic (exact) mass is 536 g/mol. The molecule has 2 aromatic carbocycles. The van der Waals surface area contributed by atoms with Crippen molar-refractivity contribution in [3.05, 3.63) is 64.4 Å². The van der Waals surface area contributed by atoms with Crippen LogP contribution in [0.4, 0.5) is 5.82 Å². The summed E-state index contributed by atoms with van der Waals surface area (Å²) in [6, 6.07) is 14.1. The number of fused-ring (bicyclic) bond motifs is 1. The Morgan fingerprint density at radius 2 is 1.66 bits per heavy atom. The maximum absolute atomic E-state index is 7.18. The lowest BCUT2D eigenvalue weighted by atomic mass is 10.0. The van der Waals surface area contributed by atoms with Crippen molar-refractivity contribution < 1.29 is 0 Å². The number of benzene rings is 2. The molecule has 35 heavy (non-hydrogen) atoms. The molecule has 3 rings (SSSR count). The Kier molecular flexibility index (Phi) is 13.5. The van der Waals surface area contributed by atoms with Gasteiger partial charge in [-0.3, -0.25) is 5.41 Å². The summed E-state index contributed by atoms with van der Waals surface area (Å²) < 4.78 is 0. The average molecular weight is 538 g/mol. The van der Waals surface area contributed by atoms with Crippen LogP contribution in [0.3, 0.4) is 0 Å². The van der Waals surface area contributed by atoms with Gasteiger partial charge in [0.15, 0.2) is 11.8 Å². The highest BCUT2D eigenvalue weighted by Gasteiger charge is 2.09. The Bertz CT molecular complexity index is 1100. The molecular formula is C26H35Cl3N6. The Morgan fingerprint density at radius 3 is 2.31 bits per heavy atom. The second-order valence-electron chi connectivity index (χ2n) is 8.43. The van der Waals surface area contributed by atoms with Crippen molar-refractivity contribution in [2.75, 3.05) is 18.4 Å². The molecule has 1 aromatic heterocycles. The molecule has 9 heteroatoms. The van der Waals surface area contributed by atoms with Crippen LogP contribution in [0.1, 0.15) is 62.4 Å². The van der Waals surface area contributed by atoms with Crippen LogP contribution >= 0.6 is 36.4 Å². The standard InChI is InChI=1S/C26H33ClN6.2ClH/c1-18(2)20-10-13-23-22(17-20)25(30-15-5-3-4-6-16-31-26(28)29)33-24(32-23)14-9-19-7-11-21(27)12-8-19;;/h7-14,17-18H,3-6,15-16H2,1-2H3,(H4,28,29,31)(H,30,32,33);2*1H/b14-9+;;. The van der Waals surface area contributed by atoms with Crippen molar-refractivity contribution in [1.29, 1.82) is 5.41 Å². The first-order chi connectivity index (χ1) is 15.9. The fraction of sp³-hybridized carbons (Fsp3) is 0.346. The maximum Gasteiger partial charge on any atom is 0.185 e. The van der Waals surface area contributed by atoms with E-state index in [4.69, 9.17) is 32.7 Å². The van der Waals surface area contributed by atoms with Gasteiger partial charge in [-0.15, -0.1) is 24.8 Å². The Hall–Kier alpha value is -2.54. The molecule has 5 N–H and O–H groups in total. The van der Waals surface area contributed by atoms with Crippen LogP contribution in [0, 0.1) is 5.41 Å². The Morgan fingerprint density at radius 1 is 0.971 bits per heavy atom. The van der Waals surface area contributed by atoms with Crippen LogP contribution in [-0.4, -0.2) is 29.0 Å². The number of nitrogens with one attached hydrogen (secondary N) is 3. The predicted molar refractivity (Wildman–Crippen MR) is 155 cm³/mol. The van der Waals surface area contributed by atoms with Gasteiger partial charge in [-0.1, -0.05) is 62.6 Å². The van der Waals surface area contributed by atoms with Crippen molar-refractivity contribution in [1.82, 2.24) is 15.3 Å². The molecule has 0 saturated carbocycles. The van der Waals surface area contributed by atoms with E-state index in [1.807, 2.05) is 36.4 Å². The van der Waals surface area contributed by atoms with Crippen molar-refractivity contribution in [3.8, 4) is 0 Å². The van der Waals surface area contributed by atoms with Crippen LogP contribution in [0.5, 0.6) is 0 Å². The minimum Gasteiger partial charge on any atom is -0.370 e. The first-order valence-electron chi connectivity index (χ1n) is 11.5. The summed E-state index contributed by atoms with van der Waals surface area (Å²) in [4.78, 5) is 9.58. The van der Waals surface area contributed by atoms with E-state index in [0.29, 0.717) is 11.7 Å². The number of nitrogens with zero attached hydrogens (tertiary/aromatic N) is 2. The maximum atomic E-state index is 7.18. The highest BCUT2D eigenvalue weighted by atomic mass is 35.5. The number of hydrogen-bond donors (Lipinski definition) is 4. The van der Waals surface area contributed by atoms with E-state index >= 15 is 0 Å². The van der Waals surface area contributed by atoms with Gasteiger partial charge in [0, 0.05) is 23.5 Å². The lowest BCUT2D eigenvalue weighted by Crippen LogP contribution is -2.30. The van der Waals surface area contributed by atoms with Gasteiger partial charge < -0.3 is 16.4 Å². The summed E-state index contributed by atoms with van der Waals surface area (Å²) in [5.41, 5.74) is 8.56. The normalized spacial score (nSPS) is 10.7. The third-order valence-corrected chi connectivity index (χ3v) is 5.66. The van der Waals surface area contributed by atoms with E-state index in [2.05, 4.69) is 42.7 Å². The molecule has 0 saturated heterocycles. The molecule has 0 bridgehead atoms. The fourth-order valence-corrected chi connectivity index (χ4v) is 3.64. The van der Waals surface area contributed by atoms with E-state index < -0.39 is 0 Å². The van der Waals surface area contributed by atoms with E-state index in [-0.39, 0.29) is 30.8 Å². The third-order valence-electron chi connectivity index (χ3n) is 5.41. The number of aromatic nitrogens is 2. The van der Waals surface area contributed by atoms with Crippen LogP contribution in [0.2, 0.25) is 5.02 Å². The van der Waals surface area contributed by atoms with Gasteiger partial charge in [0.2, 0.25) is 0 Å². The van der Waals surface area contributed by atoms with Crippen molar-refractivity contribution in [2.24, 2.45) is 5.73 Å². The van der Waals surface area contributed by atoms with Gasteiger partial charge in [0.05, 0.1) is 5.52 Å². The van der Waals surface area contributed by atoms with Crippen molar-refractivity contribution >= 4 is 71.2 Å². The number of rotatable bonds is 11. The zero-order valence-electron chi connectivity index (χ0n) is 20.2. The summed E-state index contributed by atoms with van der Waals surface area (Å²) >= 11 is 5.98. The second kappa shape index (κ2) is 15.5. The minimum absolute atomic E-state index is 0. The number of nitrogens with two attached hydrogens (primary N) is 1. The van der Waals surface area contributed by atoms with E-state index in [1.54, 1.807) is 0 Å². The van der Waals surface area contributed by atoms with Crippen LogP contribution in [-0.2, 0) is 0 Å². The molecule has 0 radical (unpaired) electrons. The number of halogens is 3. The topological polar surface area (TPSA) is 99.7 Å². The Labute approximate surface area is 225 Å². The molecule has 190 valence electrons. The first-order valence-corrected chi connectivity index (χ1v) is 11.9. The molecule has 0 aliphatic rings. The largest absolute Gasteiger partial charge is 0.370 e. The van der Waals surface area contributed by atoms with Gasteiger partial charge in [-0.05, 0) is 60.2 Å². The molecule has 0 aliphatic carbocycles. The van der Waals surface area contributed by atoms with Gasteiger partial charge in [0.1, 0.15) is 5.82 Å². The van der Waals surface area contributed by atoms with E-state index in [1.165, 1.54) is 5.56 Å². The molecule has 0 spiro atoms. The molecule has 3 aromatic rings. The Balaban J connectivity index is 0.00000306.